The number of halogens is 4. The Hall–Kier alpha value is -3.50. The van der Waals surface area contributed by atoms with Crippen LogP contribution in [0.4, 0.5) is 17.6 Å². The fraction of sp³-hybridized carbons (Fsp3) is 0.333. The van der Waals surface area contributed by atoms with Crippen LogP contribution >= 0.6 is 0 Å². The zero-order chi connectivity index (χ0) is 22.9. The van der Waals surface area contributed by atoms with Gasteiger partial charge in [-0.05, 0) is 37.5 Å². The fourth-order valence-corrected chi connectivity index (χ4v) is 3.64. The molecule has 0 bridgehead atoms. The first kappa shape index (κ1) is 21.7. The molecule has 32 heavy (non-hydrogen) atoms. The third-order valence-electron chi connectivity index (χ3n) is 5.17. The lowest BCUT2D eigenvalue weighted by molar-refractivity contribution is -0.138. The molecule has 1 saturated heterocycles. The van der Waals surface area contributed by atoms with E-state index in [1.54, 1.807) is 17.0 Å². The molecule has 1 atom stereocenters. The smallest absolute Gasteiger partial charge is 0.417 e. The van der Waals surface area contributed by atoms with Gasteiger partial charge in [0.25, 0.3) is 11.8 Å². The monoisotopic (exact) mass is 449 g/mol. The highest BCUT2D eigenvalue weighted by Gasteiger charge is 2.33. The maximum Gasteiger partial charge on any atom is 0.417 e. The van der Waals surface area contributed by atoms with Crippen molar-refractivity contribution in [1.29, 1.82) is 0 Å². The number of aryl methyl sites for hydroxylation is 1. The molecule has 1 aromatic carbocycles. The van der Waals surface area contributed by atoms with Crippen LogP contribution in [-0.4, -0.2) is 50.0 Å². The first-order valence-corrected chi connectivity index (χ1v) is 9.89. The Labute approximate surface area is 180 Å². The van der Waals surface area contributed by atoms with Crippen LogP contribution in [-0.2, 0) is 6.18 Å². The number of pyridine rings is 1. The summed E-state index contributed by atoms with van der Waals surface area (Å²) in [5.74, 6) is -1.99. The van der Waals surface area contributed by atoms with Crippen molar-refractivity contribution in [1.82, 2.24) is 24.9 Å². The molecule has 4 rings (SSSR count). The van der Waals surface area contributed by atoms with E-state index in [2.05, 4.69) is 15.2 Å². The van der Waals surface area contributed by atoms with Gasteiger partial charge in [-0.2, -0.15) is 28.2 Å². The standard InChI is InChI=1S/C21H19F4N5O2/c1-13-4-2-6-16(18(13)30-27-7-8-28-30)20(31)29-9-3-5-15(12-29)32-19-17(22)10-14(11-26-19)21(23,24)25/h2,4,6-8,10-11,15H,3,5,9,12H2,1H3. The predicted molar refractivity (Wildman–Crippen MR) is 105 cm³/mol. The van der Waals surface area contributed by atoms with Gasteiger partial charge in [0.05, 0.1) is 30.1 Å². The molecule has 3 aromatic rings. The third-order valence-corrected chi connectivity index (χ3v) is 5.17. The number of para-hydroxylation sites is 1. The summed E-state index contributed by atoms with van der Waals surface area (Å²) in [7, 11) is 0. The van der Waals surface area contributed by atoms with E-state index in [0.29, 0.717) is 42.9 Å². The zero-order valence-corrected chi connectivity index (χ0v) is 17.0. The number of hydrogen-bond donors (Lipinski definition) is 0. The van der Waals surface area contributed by atoms with Crippen LogP contribution in [0.25, 0.3) is 5.69 Å². The molecule has 1 aliphatic heterocycles. The van der Waals surface area contributed by atoms with E-state index in [0.717, 1.165) is 5.56 Å². The Kier molecular flexibility index (Phi) is 5.81. The average molecular weight is 449 g/mol. The molecule has 1 fully saturated rings. The van der Waals surface area contributed by atoms with Crippen LogP contribution in [0.3, 0.4) is 0 Å². The van der Waals surface area contributed by atoms with Crippen molar-refractivity contribution in [2.75, 3.05) is 13.1 Å². The van der Waals surface area contributed by atoms with Crippen molar-refractivity contribution in [2.24, 2.45) is 0 Å². The molecule has 3 heterocycles. The normalized spacial score (nSPS) is 16.8. The number of nitrogens with zero attached hydrogens (tertiary/aromatic N) is 5. The first-order chi connectivity index (χ1) is 15.2. The quantitative estimate of drug-likeness (QED) is 0.567. The van der Waals surface area contributed by atoms with Gasteiger partial charge in [0.2, 0.25) is 0 Å². The Morgan fingerprint density at radius 3 is 2.66 bits per heavy atom. The molecule has 7 nitrogen and oxygen atoms in total. The van der Waals surface area contributed by atoms with Crippen LogP contribution in [0.1, 0.15) is 34.3 Å². The first-order valence-electron chi connectivity index (χ1n) is 9.89. The van der Waals surface area contributed by atoms with Gasteiger partial charge in [-0.15, -0.1) is 0 Å². The van der Waals surface area contributed by atoms with Crippen molar-refractivity contribution < 1.29 is 27.1 Å². The van der Waals surface area contributed by atoms with Crippen LogP contribution < -0.4 is 4.74 Å². The van der Waals surface area contributed by atoms with Crippen molar-refractivity contribution in [3.8, 4) is 11.6 Å². The number of aromatic nitrogens is 4. The van der Waals surface area contributed by atoms with Gasteiger partial charge in [-0.1, -0.05) is 12.1 Å². The molecule has 1 unspecified atom stereocenters. The number of carbonyl (C=O) groups excluding carboxylic acids is 1. The maximum atomic E-state index is 14.1. The number of likely N-dealkylation sites (tertiary alicyclic amines) is 1. The second kappa shape index (κ2) is 8.56. The molecule has 0 N–H and O–H groups in total. The van der Waals surface area contributed by atoms with E-state index in [-0.39, 0.29) is 12.5 Å². The van der Waals surface area contributed by atoms with E-state index < -0.39 is 29.5 Å². The number of benzene rings is 1. The van der Waals surface area contributed by atoms with Gasteiger partial charge in [-0.3, -0.25) is 4.79 Å². The number of hydrogen-bond acceptors (Lipinski definition) is 5. The Morgan fingerprint density at radius 2 is 1.97 bits per heavy atom. The SMILES string of the molecule is Cc1cccc(C(=O)N2CCCC(Oc3ncc(C(F)(F)F)cc3F)C2)c1-n1nccn1. The fourth-order valence-electron chi connectivity index (χ4n) is 3.64. The zero-order valence-electron chi connectivity index (χ0n) is 17.0. The van der Waals surface area contributed by atoms with Crippen LogP contribution in [0.2, 0.25) is 0 Å². The third kappa shape index (κ3) is 4.41. The minimum absolute atomic E-state index is 0.140. The van der Waals surface area contributed by atoms with Gasteiger partial charge in [0, 0.05) is 12.7 Å². The molecule has 0 spiro atoms. The molecule has 1 aliphatic rings. The van der Waals surface area contributed by atoms with E-state index >= 15 is 0 Å². The van der Waals surface area contributed by atoms with E-state index in [9.17, 15) is 22.4 Å². The number of carbonyl (C=O) groups is 1. The average Bonchev–Trinajstić information content (AvgIpc) is 3.28. The second-order valence-corrected chi connectivity index (χ2v) is 7.43. The second-order valence-electron chi connectivity index (χ2n) is 7.43. The van der Waals surface area contributed by atoms with Crippen LogP contribution in [0, 0.1) is 12.7 Å². The van der Waals surface area contributed by atoms with Gasteiger partial charge >= 0.3 is 6.18 Å². The molecule has 2 aromatic heterocycles. The molecule has 168 valence electrons. The van der Waals surface area contributed by atoms with Gasteiger partial charge < -0.3 is 9.64 Å². The number of ether oxygens (including phenoxy) is 1. The maximum absolute atomic E-state index is 14.1. The number of amides is 1. The van der Waals surface area contributed by atoms with Gasteiger partial charge in [0.15, 0.2) is 5.82 Å². The lowest BCUT2D eigenvalue weighted by Crippen LogP contribution is -2.44. The summed E-state index contributed by atoms with van der Waals surface area (Å²) in [5, 5.41) is 8.24. The predicted octanol–water partition coefficient (Wildman–Crippen LogP) is 3.81. The highest BCUT2D eigenvalue weighted by atomic mass is 19.4. The molecule has 0 aliphatic carbocycles. The van der Waals surface area contributed by atoms with Gasteiger partial charge in [-0.25, -0.2) is 9.37 Å². The topological polar surface area (TPSA) is 73.1 Å². The Morgan fingerprint density at radius 1 is 1.22 bits per heavy atom. The summed E-state index contributed by atoms with van der Waals surface area (Å²) in [5.41, 5.74) is 0.580. The number of alkyl halides is 3. The van der Waals surface area contributed by atoms with Crippen LogP contribution in [0.15, 0.2) is 42.9 Å². The molecular weight excluding hydrogens is 430 g/mol. The lowest BCUT2D eigenvalue weighted by Gasteiger charge is -2.33. The van der Waals surface area contributed by atoms with Crippen molar-refractivity contribution in [3.05, 3.63) is 65.4 Å². The number of rotatable bonds is 4. The summed E-state index contributed by atoms with van der Waals surface area (Å²) in [4.78, 5) is 19.7. The van der Waals surface area contributed by atoms with Crippen molar-refractivity contribution in [3.63, 3.8) is 0 Å². The van der Waals surface area contributed by atoms with E-state index in [4.69, 9.17) is 4.74 Å². The molecular formula is C21H19F4N5O2. The van der Waals surface area contributed by atoms with Crippen LogP contribution in [0.5, 0.6) is 5.88 Å². The minimum Gasteiger partial charge on any atom is -0.470 e. The largest absolute Gasteiger partial charge is 0.470 e. The summed E-state index contributed by atoms with van der Waals surface area (Å²) in [6.07, 6.45) is -0.667. The van der Waals surface area contributed by atoms with Gasteiger partial charge in [0.1, 0.15) is 11.8 Å². The molecule has 11 heteroatoms. The number of piperidine rings is 1. The van der Waals surface area contributed by atoms with E-state index in [1.807, 2.05) is 13.0 Å². The summed E-state index contributed by atoms with van der Waals surface area (Å²) >= 11 is 0. The van der Waals surface area contributed by atoms with Crippen molar-refractivity contribution >= 4 is 5.91 Å². The Balaban J connectivity index is 1.52. The summed E-state index contributed by atoms with van der Waals surface area (Å²) in [6, 6.07) is 5.63. The molecule has 1 amide bonds. The Bertz CT molecular complexity index is 1120. The highest BCUT2D eigenvalue weighted by Crippen LogP contribution is 2.31. The van der Waals surface area contributed by atoms with Crippen molar-refractivity contribution in [2.45, 2.75) is 32.0 Å². The van der Waals surface area contributed by atoms with E-state index in [1.165, 1.54) is 17.2 Å². The minimum atomic E-state index is -4.70. The summed E-state index contributed by atoms with van der Waals surface area (Å²) in [6.45, 7) is 2.44. The highest BCUT2D eigenvalue weighted by molar-refractivity contribution is 5.98. The molecule has 0 radical (unpaired) electrons. The molecule has 0 saturated carbocycles. The summed E-state index contributed by atoms with van der Waals surface area (Å²) < 4.78 is 57.8. The lowest BCUT2D eigenvalue weighted by atomic mass is 10.0.